The topological polar surface area (TPSA) is 56.1 Å². The third-order valence-corrected chi connectivity index (χ3v) is 2.61. The van der Waals surface area contributed by atoms with Crippen LogP contribution in [-0.4, -0.2) is 36.0 Å². The number of carbonyl (C=O) groups excluding carboxylic acids is 1. The number of nitrogens with zero attached hydrogens (tertiary/aromatic N) is 2. The molecule has 4 nitrogen and oxygen atoms in total. The van der Waals surface area contributed by atoms with Crippen LogP contribution in [0.4, 0.5) is 0 Å². The second kappa shape index (κ2) is 7.24. The fourth-order valence-corrected chi connectivity index (χ4v) is 1.24. The highest BCUT2D eigenvalue weighted by atomic mass is 16.2. The van der Waals surface area contributed by atoms with E-state index < -0.39 is 0 Å². The van der Waals surface area contributed by atoms with Gasteiger partial charge in [-0.05, 0) is 26.8 Å². The van der Waals surface area contributed by atoms with Gasteiger partial charge in [-0.3, -0.25) is 9.69 Å². The van der Waals surface area contributed by atoms with Crippen molar-refractivity contribution in [3.05, 3.63) is 0 Å². The van der Waals surface area contributed by atoms with E-state index in [1.54, 1.807) is 0 Å². The van der Waals surface area contributed by atoms with E-state index in [1.165, 1.54) is 0 Å². The molecule has 0 fully saturated rings. The van der Waals surface area contributed by atoms with Crippen LogP contribution in [-0.2, 0) is 4.79 Å². The van der Waals surface area contributed by atoms with Gasteiger partial charge in [0.25, 0.3) is 0 Å². The number of hydrogen-bond donors (Lipinski definition) is 1. The number of amides is 1. The SMILES string of the molecule is CCC(C)NC(=O)C(C)N(CC)CC#N. The number of nitrogens with one attached hydrogen (secondary N) is 1. The van der Waals surface area contributed by atoms with Crippen LogP contribution >= 0.6 is 0 Å². The predicted octanol–water partition coefficient (Wildman–Crippen LogP) is 1.14. The molecule has 0 bridgehead atoms. The first-order chi connectivity index (χ1) is 7.06. The Labute approximate surface area is 92.3 Å². The number of carbonyl (C=O) groups is 1. The molecule has 0 spiro atoms. The molecule has 0 aromatic heterocycles. The number of rotatable bonds is 6. The number of hydrogen-bond acceptors (Lipinski definition) is 3. The molecule has 0 aliphatic heterocycles. The molecule has 0 aromatic carbocycles. The molecule has 0 saturated heterocycles. The molecule has 0 saturated carbocycles. The normalized spacial score (nSPS) is 14.4. The molecular formula is C11H21N3O. The summed E-state index contributed by atoms with van der Waals surface area (Å²) in [4.78, 5) is 13.6. The molecule has 0 radical (unpaired) electrons. The van der Waals surface area contributed by atoms with E-state index in [1.807, 2.05) is 32.6 Å². The van der Waals surface area contributed by atoms with Crippen molar-refractivity contribution in [2.24, 2.45) is 0 Å². The minimum Gasteiger partial charge on any atom is -0.352 e. The first-order valence-corrected chi connectivity index (χ1v) is 5.48. The smallest absolute Gasteiger partial charge is 0.237 e. The molecule has 2 atom stereocenters. The molecule has 0 aliphatic rings. The summed E-state index contributed by atoms with van der Waals surface area (Å²) < 4.78 is 0. The predicted molar refractivity (Wildman–Crippen MR) is 60.2 cm³/mol. The fourth-order valence-electron chi connectivity index (χ4n) is 1.24. The van der Waals surface area contributed by atoms with E-state index in [2.05, 4.69) is 11.4 Å². The lowest BCUT2D eigenvalue weighted by Gasteiger charge is -2.25. The monoisotopic (exact) mass is 211 g/mol. The van der Waals surface area contributed by atoms with Crippen molar-refractivity contribution in [3.8, 4) is 6.07 Å². The molecule has 15 heavy (non-hydrogen) atoms. The zero-order chi connectivity index (χ0) is 11.8. The summed E-state index contributed by atoms with van der Waals surface area (Å²) in [5.74, 6) is 0.00134. The largest absolute Gasteiger partial charge is 0.352 e. The average molecular weight is 211 g/mol. The van der Waals surface area contributed by atoms with Crippen molar-refractivity contribution in [2.45, 2.75) is 46.2 Å². The van der Waals surface area contributed by atoms with Crippen LogP contribution in [0.5, 0.6) is 0 Å². The van der Waals surface area contributed by atoms with Gasteiger partial charge in [0.15, 0.2) is 0 Å². The van der Waals surface area contributed by atoms with Gasteiger partial charge in [-0.25, -0.2) is 0 Å². The van der Waals surface area contributed by atoms with Crippen LogP contribution in [0, 0.1) is 11.3 Å². The molecule has 1 amide bonds. The quantitative estimate of drug-likeness (QED) is 0.670. The van der Waals surface area contributed by atoms with Crippen LogP contribution < -0.4 is 5.32 Å². The zero-order valence-corrected chi connectivity index (χ0v) is 10.1. The molecule has 0 aliphatic carbocycles. The van der Waals surface area contributed by atoms with Crippen LogP contribution in [0.2, 0.25) is 0 Å². The second-order valence-electron chi connectivity index (χ2n) is 3.72. The first kappa shape index (κ1) is 13.9. The summed E-state index contributed by atoms with van der Waals surface area (Å²) in [5.41, 5.74) is 0. The lowest BCUT2D eigenvalue weighted by atomic mass is 10.2. The van der Waals surface area contributed by atoms with Gasteiger partial charge in [-0.15, -0.1) is 0 Å². The van der Waals surface area contributed by atoms with Crippen molar-refractivity contribution in [2.75, 3.05) is 13.1 Å². The maximum absolute atomic E-state index is 11.7. The minimum atomic E-state index is -0.233. The second-order valence-corrected chi connectivity index (χ2v) is 3.72. The van der Waals surface area contributed by atoms with Crippen LogP contribution in [0.25, 0.3) is 0 Å². The maximum atomic E-state index is 11.7. The number of nitriles is 1. The van der Waals surface area contributed by atoms with Gasteiger partial charge in [-0.1, -0.05) is 13.8 Å². The van der Waals surface area contributed by atoms with Crippen LogP contribution in [0.15, 0.2) is 0 Å². The molecule has 0 heterocycles. The summed E-state index contributed by atoms with van der Waals surface area (Å²) in [6, 6.07) is 2.03. The Hall–Kier alpha value is -1.08. The summed E-state index contributed by atoms with van der Waals surface area (Å²) in [6.45, 7) is 8.80. The zero-order valence-electron chi connectivity index (χ0n) is 10.1. The van der Waals surface area contributed by atoms with E-state index in [0.717, 1.165) is 6.42 Å². The maximum Gasteiger partial charge on any atom is 0.237 e. The number of likely N-dealkylation sites (N-methyl/N-ethyl adjacent to an activating group) is 1. The summed E-state index contributed by atoms with van der Waals surface area (Å²) in [6.07, 6.45) is 0.919. The Morgan fingerprint density at radius 3 is 2.47 bits per heavy atom. The molecular weight excluding hydrogens is 190 g/mol. The van der Waals surface area contributed by atoms with Gasteiger partial charge in [0, 0.05) is 6.04 Å². The van der Waals surface area contributed by atoms with E-state index in [-0.39, 0.29) is 18.0 Å². The third kappa shape index (κ3) is 4.80. The van der Waals surface area contributed by atoms with Gasteiger partial charge in [0.2, 0.25) is 5.91 Å². The highest BCUT2D eigenvalue weighted by Gasteiger charge is 2.20. The molecule has 1 N–H and O–H groups in total. The van der Waals surface area contributed by atoms with Gasteiger partial charge < -0.3 is 5.32 Å². The standard InChI is InChI=1S/C11H21N3O/c1-5-9(3)13-11(15)10(4)14(6-2)8-7-12/h9-10H,5-6,8H2,1-4H3,(H,13,15). The molecule has 86 valence electrons. The van der Waals surface area contributed by atoms with Gasteiger partial charge in [0.1, 0.15) is 0 Å². The third-order valence-electron chi connectivity index (χ3n) is 2.61. The molecule has 2 unspecified atom stereocenters. The molecule has 4 heteroatoms. The van der Waals surface area contributed by atoms with Crippen LogP contribution in [0.1, 0.15) is 34.1 Å². The minimum absolute atomic E-state index is 0.00134. The highest BCUT2D eigenvalue weighted by Crippen LogP contribution is 1.99. The summed E-state index contributed by atoms with van der Waals surface area (Å²) in [7, 11) is 0. The average Bonchev–Trinajstić information content (AvgIpc) is 2.24. The lowest BCUT2D eigenvalue weighted by Crippen LogP contribution is -2.47. The fraction of sp³-hybridized carbons (Fsp3) is 0.818. The highest BCUT2D eigenvalue weighted by molar-refractivity contribution is 5.81. The summed E-state index contributed by atoms with van der Waals surface area (Å²) in [5, 5.41) is 11.5. The Kier molecular flexibility index (Phi) is 6.72. The van der Waals surface area contributed by atoms with Crippen LogP contribution in [0.3, 0.4) is 0 Å². The molecule has 0 rings (SSSR count). The lowest BCUT2D eigenvalue weighted by molar-refractivity contribution is -0.126. The van der Waals surface area contributed by atoms with E-state index in [0.29, 0.717) is 13.1 Å². The Morgan fingerprint density at radius 2 is 2.07 bits per heavy atom. The van der Waals surface area contributed by atoms with Crippen molar-refractivity contribution < 1.29 is 4.79 Å². The van der Waals surface area contributed by atoms with Gasteiger partial charge >= 0.3 is 0 Å². The summed E-state index contributed by atoms with van der Waals surface area (Å²) >= 11 is 0. The van der Waals surface area contributed by atoms with E-state index in [4.69, 9.17) is 5.26 Å². The van der Waals surface area contributed by atoms with Crippen molar-refractivity contribution in [3.63, 3.8) is 0 Å². The van der Waals surface area contributed by atoms with E-state index in [9.17, 15) is 4.79 Å². The Morgan fingerprint density at radius 1 is 1.47 bits per heavy atom. The van der Waals surface area contributed by atoms with Crippen molar-refractivity contribution >= 4 is 5.91 Å². The van der Waals surface area contributed by atoms with Gasteiger partial charge in [-0.2, -0.15) is 5.26 Å². The van der Waals surface area contributed by atoms with Crippen molar-refractivity contribution in [1.82, 2.24) is 10.2 Å². The van der Waals surface area contributed by atoms with Gasteiger partial charge in [0.05, 0.1) is 18.7 Å². The Bertz CT molecular complexity index is 234. The Balaban J connectivity index is 4.22. The molecule has 0 aromatic rings. The van der Waals surface area contributed by atoms with E-state index >= 15 is 0 Å². The first-order valence-electron chi connectivity index (χ1n) is 5.48. The van der Waals surface area contributed by atoms with Crippen molar-refractivity contribution in [1.29, 1.82) is 5.26 Å².